The average Bonchev–Trinajstić information content (AvgIpc) is 2.75. The molecule has 1 atom stereocenters. The molecule has 0 spiro atoms. The van der Waals surface area contributed by atoms with Gasteiger partial charge in [0.15, 0.2) is 0 Å². The lowest BCUT2D eigenvalue weighted by Gasteiger charge is -2.35. The number of halogens is 1. The number of morpholine rings is 1. The number of sulfonamides is 1. The van der Waals surface area contributed by atoms with Crippen LogP contribution in [0.4, 0.5) is 4.39 Å². The number of rotatable bonds is 8. The molecule has 2 aromatic carbocycles. The van der Waals surface area contributed by atoms with Crippen molar-refractivity contribution in [2.24, 2.45) is 0 Å². The van der Waals surface area contributed by atoms with Gasteiger partial charge in [0.1, 0.15) is 5.82 Å². The zero-order valence-corrected chi connectivity index (χ0v) is 19.4. The van der Waals surface area contributed by atoms with Crippen LogP contribution in [0.2, 0.25) is 0 Å². The summed E-state index contributed by atoms with van der Waals surface area (Å²) in [6.07, 6.45) is 0. The molecule has 1 unspecified atom stereocenters. The van der Waals surface area contributed by atoms with E-state index in [1.807, 2.05) is 0 Å². The smallest absolute Gasteiger partial charge is 0.251 e. The zero-order valence-electron chi connectivity index (χ0n) is 18.6. The third-order valence-corrected chi connectivity index (χ3v) is 7.01. The van der Waals surface area contributed by atoms with Gasteiger partial charge in [0, 0.05) is 31.2 Å². The van der Waals surface area contributed by atoms with Gasteiger partial charge in [-0.2, -0.15) is 0 Å². The minimum Gasteiger partial charge on any atom is -0.379 e. The highest BCUT2D eigenvalue weighted by molar-refractivity contribution is 7.89. The Balaban J connectivity index is 1.80. The van der Waals surface area contributed by atoms with Crippen molar-refractivity contribution in [3.8, 4) is 0 Å². The molecule has 0 aliphatic carbocycles. The largest absolute Gasteiger partial charge is 0.379 e. The summed E-state index contributed by atoms with van der Waals surface area (Å²) in [5.74, 6) is -0.674. The fourth-order valence-corrected chi connectivity index (χ4v) is 4.98. The van der Waals surface area contributed by atoms with Gasteiger partial charge in [0.05, 0.1) is 24.2 Å². The first-order valence-corrected chi connectivity index (χ1v) is 12.1. The summed E-state index contributed by atoms with van der Waals surface area (Å²) in [5, 5.41) is 2.94. The van der Waals surface area contributed by atoms with Crippen molar-refractivity contribution in [2.45, 2.75) is 37.8 Å². The molecule has 174 valence electrons. The van der Waals surface area contributed by atoms with Crippen molar-refractivity contribution < 1.29 is 22.3 Å². The Morgan fingerprint density at radius 1 is 1.12 bits per heavy atom. The summed E-state index contributed by atoms with van der Waals surface area (Å²) in [6, 6.07) is 10.4. The van der Waals surface area contributed by atoms with Crippen LogP contribution in [-0.4, -0.2) is 58.1 Å². The molecule has 32 heavy (non-hydrogen) atoms. The topological polar surface area (TPSA) is 87.7 Å². The Kier molecular flexibility index (Phi) is 8.00. The fraction of sp³-hybridized carbons (Fsp3) is 0.435. The van der Waals surface area contributed by atoms with E-state index in [2.05, 4.69) is 14.9 Å². The lowest BCUT2D eigenvalue weighted by Crippen LogP contribution is -2.44. The third-order valence-electron chi connectivity index (χ3n) is 5.35. The molecule has 0 radical (unpaired) electrons. The van der Waals surface area contributed by atoms with Crippen LogP contribution >= 0.6 is 0 Å². The number of carbonyl (C=O) groups is 1. The molecule has 0 bridgehead atoms. The highest BCUT2D eigenvalue weighted by atomic mass is 32.2. The molecule has 3 rings (SSSR count). The van der Waals surface area contributed by atoms with Gasteiger partial charge >= 0.3 is 0 Å². The van der Waals surface area contributed by atoms with Crippen molar-refractivity contribution in [2.75, 3.05) is 32.8 Å². The first-order chi connectivity index (χ1) is 15.2. The Labute approximate surface area is 189 Å². The van der Waals surface area contributed by atoms with E-state index in [4.69, 9.17) is 4.74 Å². The average molecular weight is 464 g/mol. The van der Waals surface area contributed by atoms with Crippen LogP contribution in [0.5, 0.6) is 0 Å². The van der Waals surface area contributed by atoms with Gasteiger partial charge in [-0.15, -0.1) is 0 Å². The van der Waals surface area contributed by atoms with Crippen LogP contribution in [0.15, 0.2) is 47.4 Å². The number of nitrogens with zero attached hydrogens (tertiary/aromatic N) is 1. The number of benzene rings is 2. The predicted molar refractivity (Wildman–Crippen MR) is 121 cm³/mol. The van der Waals surface area contributed by atoms with Crippen molar-refractivity contribution in [1.82, 2.24) is 14.9 Å². The van der Waals surface area contributed by atoms with E-state index >= 15 is 0 Å². The third kappa shape index (κ3) is 6.13. The van der Waals surface area contributed by atoms with Crippen LogP contribution < -0.4 is 10.0 Å². The summed E-state index contributed by atoms with van der Waals surface area (Å²) in [7, 11) is -3.72. The summed E-state index contributed by atoms with van der Waals surface area (Å²) >= 11 is 0. The maximum absolute atomic E-state index is 13.4. The fourth-order valence-electron chi connectivity index (χ4n) is 3.71. The van der Waals surface area contributed by atoms with E-state index in [1.165, 1.54) is 24.3 Å². The molecule has 1 amide bonds. The monoisotopic (exact) mass is 463 g/mol. The molecule has 2 aromatic rings. The van der Waals surface area contributed by atoms with E-state index in [9.17, 15) is 17.6 Å². The summed E-state index contributed by atoms with van der Waals surface area (Å²) in [6.45, 7) is 8.12. The van der Waals surface area contributed by atoms with Crippen LogP contribution in [0.3, 0.4) is 0 Å². The van der Waals surface area contributed by atoms with E-state index in [0.717, 1.165) is 5.56 Å². The number of carbonyl (C=O) groups excluding carboxylic acids is 1. The Morgan fingerprint density at radius 3 is 2.41 bits per heavy atom. The number of hydrogen-bond acceptors (Lipinski definition) is 5. The predicted octanol–water partition coefficient (Wildman–Crippen LogP) is 2.62. The molecule has 7 nitrogen and oxygen atoms in total. The first-order valence-electron chi connectivity index (χ1n) is 10.7. The lowest BCUT2D eigenvalue weighted by molar-refractivity contribution is 0.0162. The minimum atomic E-state index is -3.72. The minimum absolute atomic E-state index is 0.0465. The first kappa shape index (κ1) is 24.3. The van der Waals surface area contributed by atoms with Crippen LogP contribution in [-0.2, 0) is 14.8 Å². The van der Waals surface area contributed by atoms with Gasteiger partial charge in [-0.1, -0.05) is 18.2 Å². The summed E-state index contributed by atoms with van der Waals surface area (Å²) in [5.41, 5.74) is 1.87. The van der Waals surface area contributed by atoms with Crippen LogP contribution in [0.25, 0.3) is 0 Å². The number of aryl methyl sites for hydroxylation is 1. The quantitative estimate of drug-likeness (QED) is 0.629. The Morgan fingerprint density at radius 2 is 1.78 bits per heavy atom. The van der Waals surface area contributed by atoms with Crippen molar-refractivity contribution in [3.05, 3.63) is 65.0 Å². The standard InChI is InChI=1S/C23H30FN3O4S/c1-16(2)26-32(29,30)20-9-4-17(3)21(14-20)23(28)25-15-22(27-10-12-31-13-11-27)18-5-7-19(24)8-6-18/h4-9,14,16,22,26H,10-13,15H2,1-3H3,(H,25,28). The zero-order chi connectivity index (χ0) is 23.3. The van der Waals surface area contributed by atoms with Crippen molar-refractivity contribution >= 4 is 15.9 Å². The Bertz CT molecular complexity index is 1040. The van der Waals surface area contributed by atoms with Gasteiger partial charge in [-0.05, 0) is 56.2 Å². The van der Waals surface area contributed by atoms with Crippen molar-refractivity contribution in [3.63, 3.8) is 0 Å². The second kappa shape index (κ2) is 10.5. The van der Waals surface area contributed by atoms with Crippen molar-refractivity contribution in [1.29, 1.82) is 0 Å². The molecule has 9 heteroatoms. The van der Waals surface area contributed by atoms with E-state index < -0.39 is 10.0 Å². The maximum Gasteiger partial charge on any atom is 0.251 e. The lowest BCUT2D eigenvalue weighted by atomic mass is 10.0. The Hall–Kier alpha value is -2.33. The van der Waals surface area contributed by atoms with E-state index in [0.29, 0.717) is 44.0 Å². The number of hydrogen-bond donors (Lipinski definition) is 2. The van der Waals surface area contributed by atoms with Gasteiger partial charge in [0.2, 0.25) is 10.0 Å². The second-order valence-electron chi connectivity index (χ2n) is 8.18. The van der Waals surface area contributed by atoms with Gasteiger partial charge in [-0.3, -0.25) is 9.69 Å². The molecule has 0 saturated carbocycles. The molecular weight excluding hydrogens is 433 g/mol. The number of nitrogens with one attached hydrogen (secondary N) is 2. The summed E-state index contributed by atoms with van der Waals surface area (Å²) < 4.78 is 46.4. The molecule has 1 heterocycles. The van der Waals surface area contributed by atoms with E-state index in [1.54, 1.807) is 39.0 Å². The SMILES string of the molecule is Cc1ccc(S(=O)(=O)NC(C)C)cc1C(=O)NCC(c1ccc(F)cc1)N1CCOCC1. The highest BCUT2D eigenvalue weighted by Gasteiger charge is 2.24. The van der Waals surface area contributed by atoms with E-state index in [-0.39, 0.29) is 28.7 Å². The molecule has 1 aliphatic heterocycles. The molecule has 1 saturated heterocycles. The summed E-state index contributed by atoms with van der Waals surface area (Å²) in [4.78, 5) is 15.2. The second-order valence-corrected chi connectivity index (χ2v) is 9.89. The normalized spacial score (nSPS) is 16.2. The van der Waals surface area contributed by atoms with Crippen LogP contribution in [0, 0.1) is 12.7 Å². The van der Waals surface area contributed by atoms with Gasteiger partial charge in [0.25, 0.3) is 5.91 Å². The molecule has 1 fully saturated rings. The van der Waals surface area contributed by atoms with Crippen LogP contribution in [0.1, 0.15) is 41.4 Å². The molecule has 2 N–H and O–H groups in total. The molecule has 1 aliphatic rings. The maximum atomic E-state index is 13.4. The van der Waals surface area contributed by atoms with Gasteiger partial charge in [-0.25, -0.2) is 17.5 Å². The highest BCUT2D eigenvalue weighted by Crippen LogP contribution is 2.22. The van der Waals surface area contributed by atoms with Gasteiger partial charge < -0.3 is 10.1 Å². The number of amides is 1. The molecule has 0 aromatic heterocycles. The number of ether oxygens (including phenoxy) is 1. The molecular formula is C23H30FN3O4S.